The second-order valence-corrected chi connectivity index (χ2v) is 6.79. The summed E-state index contributed by atoms with van der Waals surface area (Å²) in [5.74, 6) is 1.70. The zero-order valence-electron chi connectivity index (χ0n) is 11.1. The minimum atomic E-state index is -0.0959. The van der Waals surface area contributed by atoms with Gasteiger partial charge in [-0.1, -0.05) is 23.7 Å². The molecule has 0 aliphatic heterocycles. The molecule has 3 nitrogen and oxygen atoms in total. The van der Waals surface area contributed by atoms with E-state index in [1.807, 2.05) is 31.2 Å². The molecule has 1 aromatic heterocycles. The van der Waals surface area contributed by atoms with E-state index < -0.39 is 0 Å². The number of thioether (sulfide) groups is 1. The molecule has 0 radical (unpaired) electrons. The summed E-state index contributed by atoms with van der Waals surface area (Å²) in [6.45, 7) is 2.54. The summed E-state index contributed by atoms with van der Waals surface area (Å²) in [7, 11) is 0. The van der Waals surface area contributed by atoms with E-state index in [4.69, 9.17) is 11.6 Å². The van der Waals surface area contributed by atoms with Gasteiger partial charge in [-0.2, -0.15) is 11.8 Å². The van der Waals surface area contributed by atoms with Crippen molar-refractivity contribution < 1.29 is 4.79 Å². The third kappa shape index (κ3) is 4.81. The molecule has 1 amide bonds. The molecule has 0 fully saturated rings. The van der Waals surface area contributed by atoms with Crippen LogP contribution in [-0.4, -0.2) is 23.2 Å². The van der Waals surface area contributed by atoms with Crippen LogP contribution in [0.3, 0.4) is 0 Å². The second-order valence-electron chi connectivity index (χ2n) is 4.19. The average Bonchev–Trinajstić information content (AvgIpc) is 2.87. The van der Waals surface area contributed by atoms with Crippen LogP contribution in [0.15, 0.2) is 29.6 Å². The Kier molecular flexibility index (Phi) is 5.88. The highest BCUT2D eigenvalue weighted by molar-refractivity contribution is 7.98. The zero-order valence-corrected chi connectivity index (χ0v) is 13.4. The predicted molar refractivity (Wildman–Crippen MR) is 86.8 cm³/mol. The number of aromatic nitrogens is 1. The van der Waals surface area contributed by atoms with Gasteiger partial charge in [-0.15, -0.1) is 11.3 Å². The van der Waals surface area contributed by atoms with Gasteiger partial charge in [-0.3, -0.25) is 4.79 Å². The van der Waals surface area contributed by atoms with E-state index in [0.717, 1.165) is 21.5 Å². The molecule has 6 heteroatoms. The van der Waals surface area contributed by atoms with E-state index in [9.17, 15) is 4.79 Å². The standard InChI is InChI=1S/C14H15ClN2OS2/c1-10-17-13(9-20-10)14(18)16-6-7-19-8-11-2-4-12(15)5-3-11/h2-5,9H,6-8H2,1H3,(H,16,18). The van der Waals surface area contributed by atoms with Crippen LogP contribution in [-0.2, 0) is 5.75 Å². The number of halogens is 1. The number of nitrogens with one attached hydrogen (secondary N) is 1. The third-order valence-corrected chi connectivity index (χ3v) is 4.62. The maximum atomic E-state index is 11.7. The van der Waals surface area contributed by atoms with Crippen LogP contribution in [0.2, 0.25) is 5.02 Å². The Hall–Kier alpha value is -1.04. The van der Waals surface area contributed by atoms with E-state index in [1.165, 1.54) is 16.9 Å². The van der Waals surface area contributed by atoms with Crippen molar-refractivity contribution in [3.8, 4) is 0 Å². The Morgan fingerprint density at radius 3 is 2.80 bits per heavy atom. The first-order valence-electron chi connectivity index (χ1n) is 6.17. The normalized spacial score (nSPS) is 10.5. The predicted octanol–water partition coefficient (Wildman–Crippen LogP) is 3.77. The van der Waals surface area contributed by atoms with Crippen molar-refractivity contribution in [3.05, 3.63) is 50.9 Å². The number of nitrogens with zero attached hydrogens (tertiary/aromatic N) is 1. The summed E-state index contributed by atoms with van der Waals surface area (Å²) < 4.78 is 0. The zero-order chi connectivity index (χ0) is 14.4. The molecule has 0 atom stereocenters. The van der Waals surface area contributed by atoms with Gasteiger partial charge >= 0.3 is 0 Å². The van der Waals surface area contributed by atoms with Crippen molar-refractivity contribution in [1.29, 1.82) is 0 Å². The van der Waals surface area contributed by atoms with E-state index in [1.54, 1.807) is 17.1 Å². The average molecular weight is 327 g/mol. The van der Waals surface area contributed by atoms with Crippen molar-refractivity contribution in [2.75, 3.05) is 12.3 Å². The quantitative estimate of drug-likeness (QED) is 0.822. The molecule has 2 rings (SSSR count). The molecule has 20 heavy (non-hydrogen) atoms. The second kappa shape index (κ2) is 7.67. The maximum Gasteiger partial charge on any atom is 0.270 e. The summed E-state index contributed by atoms with van der Waals surface area (Å²) in [5.41, 5.74) is 1.75. The van der Waals surface area contributed by atoms with Crippen LogP contribution in [0.1, 0.15) is 21.1 Å². The Bertz CT molecular complexity index is 569. The van der Waals surface area contributed by atoms with Crippen LogP contribution >= 0.6 is 34.7 Å². The van der Waals surface area contributed by atoms with Crippen molar-refractivity contribution in [3.63, 3.8) is 0 Å². The Balaban J connectivity index is 1.64. The fourth-order valence-electron chi connectivity index (χ4n) is 1.57. The van der Waals surface area contributed by atoms with Gasteiger partial charge in [0.1, 0.15) is 5.69 Å². The highest BCUT2D eigenvalue weighted by Crippen LogP contribution is 2.15. The summed E-state index contributed by atoms with van der Waals surface area (Å²) >= 11 is 9.10. The number of hydrogen-bond donors (Lipinski definition) is 1. The summed E-state index contributed by atoms with van der Waals surface area (Å²) in [5, 5.41) is 6.32. The molecule has 1 heterocycles. The summed E-state index contributed by atoms with van der Waals surface area (Å²) in [6.07, 6.45) is 0. The molecular weight excluding hydrogens is 312 g/mol. The highest BCUT2D eigenvalue weighted by Gasteiger charge is 2.07. The van der Waals surface area contributed by atoms with Crippen LogP contribution in [0, 0.1) is 6.92 Å². The number of carbonyl (C=O) groups excluding carboxylic acids is 1. The smallest absolute Gasteiger partial charge is 0.270 e. The number of hydrogen-bond acceptors (Lipinski definition) is 4. The highest BCUT2D eigenvalue weighted by atomic mass is 35.5. The number of amides is 1. The number of thiazole rings is 1. The minimum absolute atomic E-state index is 0.0959. The lowest BCUT2D eigenvalue weighted by atomic mass is 10.2. The molecule has 0 unspecified atom stereocenters. The Morgan fingerprint density at radius 2 is 2.15 bits per heavy atom. The van der Waals surface area contributed by atoms with Crippen molar-refractivity contribution in [1.82, 2.24) is 10.3 Å². The number of benzene rings is 1. The third-order valence-electron chi connectivity index (χ3n) is 2.57. The van der Waals surface area contributed by atoms with Gasteiger partial charge in [0.15, 0.2) is 0 Å². The lowest BCUT2D eigenvalue weighted by Gasteiger charge is -2.04. The van der Waals surface area contributed by atoms with E-state index in [-0.39, 0.29) is 5.91 Å². The van der Waals surface area contributed by atoms with Gasteiger partial charge in [-0.05, 0) is 24.6 Å². The van der Waals surface area contributed by atoms with Gasteiger partial charge in [0, 0.05) is 28.5 Å². The molecule has 0 aliphatic rings. The fraction of sp³-hybridized carbons (Fsp3) is 0.286. The topological polar surface area (TPSA) is 42.0 Å². The van der Waals surface area contributed by atoms with Crippen LogP contribution < -0.4 is 5.32 Å². The van der Waals surface area contributed by atoms with Gasteiger partial charge in [-0.25, -0.2) is 4.98 Å². The molecule has 0 bridgehead atoms. The van der Waals surface area contributed by atoms with Crippen molar-refractivity contribution >= 4 is 40.6 Å². The van der Waals surface area contributed by atoms with Crippen molar-refractivity contribution in [2.24, 2.45) is 0 Å². The molecule has 2 aromatic rings. The van der Waals surface area contributed by atoms with Gasteiger partial charge in [0.05, 0.1) is 5.01 Å². The molecule has 0 aliphatic carbocycles. The molecule has 0 saturated heterocycles. The van der Waals surface area contributed by atoms with Gasteiger partial charge in [0.25, 0.3) is 5.91 Å². The van der Waals surface area contributed by atoms with E-state index >= 15 is 0 Å². The molecule has 0 saturated carbocycles. The Morgan fingerprint density at radius 1 is 1.40 bits per heavy atom. The molecular formula is C14H15ClN2OS2. The first-order chi connectivity index (χ1) is 9.65. The first kappa shape index (κ1) is 15.4. The maximum absolute atomic E-state index is 11.7. The first-order valence-corrected chi connectivity index (χ1v) is 8.59. The molecule has 0 spiro atoms. The van der Waals surface area contributed by atoms with Crippen LogP contribution in [0.25, 0.3) is 0 Å². The van der Waals surface area contributed by atoms with Gasteiger partial charge < -0.3 is 5.32 Å². The van der Waals surface area contributed by atoms with Crippen LogP contribution in [0.4, 0.5) is 0 Å². The van der Waals surface area contributed by atoms with Gasteiger partial charge in [0.2, 0.25) is 0 Å². The van der Waals surface area contributed by atoms with E-state index in [0.29, 0.717) is 12.2 Å². The fourth-order valence-corrected chi connectivity index (χ4v) is 3.10. The number of aryl methyl sites for hydroxylation is 1. The SMILES string of the molecule is Cc1nc(C(=O)NCCSCc2ccc(Cl)cc2)cs1. The largest absolute Gasteiger partial charge is 0.350 e. The lowest BCUT2D eigenvalue weighted by molar-refractivity contribution is 0.0952. The van der Waals surface area contributed by atoms with Crippen molar-refractivity contribution in [2.45, 2.75) is 12.7 Å². The number of rotatable bonds is 6. The minimum Gasteiger partial charge on any atom is -0.350 e. The van der Waals surface area contributed by atoms with E-state index in [2.05, 4.69) is 10.3 Å². The monoisotopic (exact) mass is 326 g/mol. The Labute approximate surface area is 131 Å². The number of carbonyl (C=O) groups is 1. The van der Waals surface area contributed by atoms with Crippen LogP contribution in [0.5, 0.6) is 0 Å². The molecule has 1 aromatic carbocycles. The summed E-state index contributed by atoms with van der Waals surface area (Å²) in [4.78, 5) is 15.9. The summed E-state index contributed by atoms with van der Waals surface area (Å²) in [6, 6.07) is 7.82. The molecule has 1 N–H and O–H groups in total. The lowest BCUT2D eigenvalue weighted by Crippen LogP contribution is -2.26. The molecule has 106 valence electrons.